The number of hydrogen-bond acceptors (Lipinski definition) is 2. The lowest BCUT2D eigenvalue weighted by Crippen LogP contribution is -2.44. The van der Waals surface area contributed by atoms with Gasteiger partial charge in [0.1, 0.15) is 0 Å². The third-order valence-electron chi connectivity index (χ3n) is 2.74. The Balaban J connectivity index is 2.75. The smallest absolute Gasteiger partial charge is 0.211 e. The highest BCUT2D eigenvalue weighted by Gasteiger charge is 2.33. The molecular weight excluding hydrogens is 198 g/mol. The van der Waals surface area contributed by atoms with Crippen LogP contribution in [0.2, 0.25) is 0 Å². The molecule has 4 heteroatoms. The van der Waals surface area contributed by atoms with E-state index >= 15 is 0 Å². The van der Waals surface area contributed by atoms with E-state index in [1.807, 2.05) is 0 Å². The van der Waals surface area contributed by atoms with Crippen molar-refractivity contribution in [1.29, 1.82) is 0 Å². The molecule has 1 saturated heterocycles. The van der Waals surface area contributed by atoms with E-state index in [1.165, 1.54) is 10.6 Å². The standard InChI is InChI=1S/C10H17NO2S/c1-4-6-10(2)7-5-8-11(9-10)14(3,12)13/h1H,5-9H2,2-3H3. The molecule has 1 unspecified atom stereocenters. The SMILES string of the molecule is C#CCC1(C)CCCN(S(C)(=O)=O)C1. The van der Waals surface area contributed by atoms with Gasteiger partial charge in [-0.15, -0.1) is 12.3 Å². The van der Waals surface area contributed by atoms with Gasteiger partial charge in [0.15, 0.2) is 0 Å². The Morgan fingerprint density at radius 2 is 2.21 bits per heavy atom. The van der Waals surface area contributed by atoms with E-state index in [0.29, 0.717) is 19.5 Å². The number of rotatable bonds is 2. The number of piperidine rings is 1. The Labute approximate surface area is 86.5 Å². The summed E-state index contributed by atoms with van der Waals surface area (Å²) in [5.41, 5.74) is -0.0317. The lowest BCUT2D eigenvalue weighted by atomic mass is 9.80. The molecule has 80 valence electrons. The summed E-state index contributed by atoms with van der Waals surface area (Å²) in [6.45, 7) is 3.26. The maximum absolute atomic E-state index is 11.4. The summed E-state index contributed by atoms with van der Waals surface area (Å²) in [7, 11) is -3.05. The quantitative estimate of drug-likeness (QED) is 0.646. The van der Waals surface area contributed by atoms with Gasteiger partial charge in [-0.1, -0.05) is 6.92 Å². The Morgan fingerprint density at radius 3 is 2.71 bits per heavy atom. The van der Waals surface area contributed by atoms with Crippen molar-refractivity contribution in [2.75, 3.05) is 19.3 Å². The first kappa shape index (κ1) is 11.5. The van der Waals surface area contributed by atoms with Crippen molar-refractivity contribution in [3.8, 4) is 12.3 Å². The summed E-state index contributed by atoms with van der Waals surface area (Å²) in [4.78, 5) is 0. The van der Waals surface area contributed by atoms with Gasteiger partial charge in [-0.2, -0.15) is 0 Å². The molecule has 14 heavy (non-hydrogen) atoms. The van der Waals surface area contributed by atoms with E-state index in [9.17, 15) is 8.42 Å². The number of nitrogens with zero attached hydrogens (tertiary/aromatic N) is 1. The number of sulfonamides is 1. The summed E-state index contributed by atoms with van der Waals surface area (Å²) in [5, 5.41) is 0. The molecule has 1 heterocycles. The van der Waals surface area contributed by atoms with Gasteiger partial charge in [0.25, 0.3) is 0 Å². The summed E-state index contributed by atoms with van der Waals surface area (Å²) in [5.74, 6) is 2.63. The highest BCUT2D eigenvalue weighted by Crippen LogP contribution is 2.33. The molecule has 3 nitrogen and oxygen atoms in total. The average Bonchev–Trinajstić information content (AvgIpc) is 2.02. The molecular formula is C10H17NO2S. The number of terminal acetylenes is 1. The van der Waals surface area contributed by atoms with Gasteiger partial charge in [0, 0.05) is 19.5 Å². The Morgan fingerprint density at radius 1 is 1.57 bits per heavy atom. The van der Waals surface area contributed by atoms with E-state index in [1.54, 1.807) is 0 Å². The first-order valence-electron chi connectivity index (χ1n) is 4.76. The fraction of sp³-hybridized carbons (Fsp3) is 0.800. The molecule has 0 aromatic rings. The summed E-state index contributed by atoms with van der Waals surface area (Å²) in [6.07, 6.45) is 9.12. The van der Waals surface area contributed by atoms with E-state index in [0.717, 1.165) is 12.8 Å². The fourth-order valence-corrected chi connectivity index (χ4v) is 2.95. The predicted molar refractivity (Wildman–Crippen MR) is 57.2 cm³/mol. The molecule has 0 aromatic carbocycles. The van der Waals surface area contributed by atoms with Gasteiger partial charge in [-0.05, 0) is 18.3 Å². The second-order valence-electron chi connectivity index (χ2n) is 4.39. The van der Waals surface area contributed by atoms with Crippen molar-refractivity contribution in [2.45, 2.75) is 26.2 Å². The zero-order chi connectivity index (χ0) is 10.8. The maximum atomic E-state index is 11.4. The van der Waals surface area contributed by atoms with Crippen LogP contribution in [0, 0.1) is 17.8 Å². The molecule has 1 aliphatic rings. The third-order valence-corrected chi connectivity index (χ3v) is 3.99. The molecule has 0 spiro atoms. The average molecular weight is 215 g/mol. The van der Waals surface area contributed by atoms with Crippen molar-refractivity contribution in [3.05, 3.63) is 0 Å². The van der Waals surface area contributed by atoms with Crippen molar-refractivity contribution in [3.63, 3.8) is 0 Å². The zero-order valence-electron chi connectivity index (χ0n) is 8.78. The molecule has 0 saturated carbocycles. The van der Waals surface area contributed by atoms with Crippen LogP contribution in [-0.2, 0) is 10.0 Å². The third kappa shape index (κ3) is 2.73. The minimum Gasteiger partial charge on any atom is -0.213 e. The maximum Gasteiger partial charge on any atom is 0.211 e. The molecule has 1 atom stereocenters. The monoisotopic (exact) mass is 215 g/mol. The van der Waals surface area contributed by atoms with E-state index in [-0.39, 0.29) is 5.41 Å². The predicted octanol–water partition coefficient (Wildman–Crippen LogP) is 1.07. The van der Waals surface area contributed by atoms with Crippen LogP contribution in [-0.4, -0.2) is 32.1 Å². The van der Waals surface area contributed by atoms with Gasteiger partial charge >= 0.3 is 0 Å². The van der Waals surface area contributed by atoms with Crippen molar-refractivity contribution >= 4 is 10.0 Å². The second kappa shape index (κ2) is 3.92. The van der Waals surface area contributed by atoms with E-state index < -0.39 is 10.0 Å². The molecule has 0 radical (unpaired) electrons. The van der Waals surface area contributed by atoms with Crippen LogP contribution < -0.4 is 0 Å². The van der Waals surface area contributed by atoms with E-state index in [4.69, 9.17) is 6.42 Å². The van der Waals surface area contributed by atoms with Crippen LogP contribution >= 0.6 is 0 Å². The lowest BCUT2D eigenvalue weighted by molar-refractivity contribution is 0.172. The van der Waals surface area contributed by atoms with Crippen LogP contribution in [0.3, 0.4) is 0 Å². The fourth-order valence-electron chi connectivity index (χ4n) is 1.94. The molecule has 1 aliphatic heterocycles. The highest BCUT2D eigenvalue weighted by atomic mass is 32.2. The van der Waals surface area contributed by atoms with Crippen LogP contribution in [0.1, 0.15) is 26.2 Å². The second-order valence-corrected chi connectivity index (χ2v) is 6.37. The van der Waals surface area contributed by atoms with Gasteiger partial charge in [-0.3, -0.25) is 0 Å². The first-order chi connectivity index (χ1) is 6.37. The summed E-state index contributed by atoms with van der Waals surface area (Å²) < 4.78 is 24.2. The molecule has 0 amide bonds. The van der Waals surface area contributed by atoms with Crippen LogP contribution in [0.15, 0.2) is 0 Å². The number of hydrogen-bond donors (Lipinski definition) is 0. The van der Waals surface area contributed by atoms with Crippen LogP contribution in [0.4, 0.5) is 0 Å². The molecule has 1 fully saturated rings. The molecule has 0 N–H and O–H groups in total. The normalized spacial score (nSPS) is 29.8. The van der Waals surface area contributed by atoms with Gasteiger partial charge in [-0.25, -0.2) is 12.7 Å². The Hall–Kier alpha value is -0.530. The lowest BCUT2D eigenvalue weighted by Gasteiger charge is -2.38. The van der Waals surface area contributed by atoms with Gasteiger partial charge < -0.3 is 0 Å². The van der Waals surface area contributed by atoms with Crippen LogP contribution in [0.5, 0.6) is 0 Å². The van der Waals surface area contributed by atoms with Gasteiger partial charge in [0.2, 0.25) is 10.0 Å². The molecule has 0 aliphatic carbocycles. The minimum atomic E-state index is -3.05. The Kier molecular flexibility index (Phi) is 3.23. The minimum absolute atomic E-state index is 0.0317. The van der Waals surface area contributed by atoms with Gasteiger partial charge in [0.05, 0.1) is 6.26 Å². The van der Waals surface area contributed by atoms with Crippen molar-refractivity contribution in [2.24, 2.45) is 5.41 Å². The van der Waals surface area contributed by atoms with Crippen LogP contribution in [0.25, 0.3) is 0 Å². The molecule has 1 rings (SSSR count). The van der Waals surface area contributed by atoms with Crippen molar-refractivity contribution < 1.29 is 8.42 Å². The first-order valence-corrected chi connectivity index (χ1v) is 6.61. The topological polar surface area (TPSA) is 37.4 Å². The van der Waals surface area contributed by atoms with Crippen molar-refractivity contribution in [1.82, 2.24) is 4.31 Å². The zero-order valence-corrected chi connectivity index (χ0v) is 9.60. The summed E-state index contributed by atoms with van der Waals surface area (Å²) >= 11 is 0. The molecule has 0 aromatic heterocycles. The highest BCUT2D eigenvalue weighted by molar-refractivity contribution is 7.88. The largest absolute Gasteiger partial charge is 0.213 e. The molecule has 0 bridgehead atoms. The summed E-state index contributed by atoms with van der Waals surface area (Å²) in [6, 6.07) is 0. The van der Waals surface area contributed by atoms with E-state index in [2.05, 4.69) is 12.8 Å². The Bertz CT molecular complexity index is 342.